The van der Waals surface area contributed by atoms with Crippen molar-refractivity contribution in [1.29, 1.82) is 0 Å². The maximum atomic E-state index is 2.67. The van der Waals surface area contributed by atoms with Crippen molar-refractivity contribution < 1.29 is 0 Å². The van der Waals surface area contributed by atoms with Crippen LogP contribution >= 0.6 is 0 Å². The van der Waals surface area contributed by atoms with E-state index in [-0.39, 0.29) is 0 Å². The average Bonchev–Trinajstić information content (AvgIpc) is 3.20. The molecule has 0 aliphatic carbocycles. The number of benzene rings is 6. The van der Waals surface area contributed by atoms with Crippen molar-refractivity contribution >= 4 is 0 Å². The van der Waals surface area contributed by atoms with E-state index in [9.17, 15) is 0 Å². The van der Waals surface area contributed by atoms with Crippen LogP contribution in [0.5, 0.6) is 0 Å². The van der Waals surface area contributed by atoms with Gasteiger partial charge < -0.3 is 0 Å². The first-order chi connectivity index (χ1) is 25.7. The number of rotatable bonds is 21. The molecule has 4 nitrogen and oxygen atoms in total. The van der Waals surface area contributed by atoms with Crippen LogP contribution in [0, 0.1) is 0 Å². The molecule has 0 amide bonds. The molecule has 0 spiro atoms. The third-order valence-electron chi connectivity index (χ3n) is 9.69. The Hall–Kier alpha value is -4.84. The van der Waals surface area contributed by atoms with Gasteiger partial charge in [-0.1, -0.05) is 182 Å². The third-order valence-corrected chi connectivity index (χ3v) is 9.69. The SMILES string of the molecule is c1ccc(CN(CCN(CCN(Cc2ccccc2)Cc2ccccc2)Cc2ccccc2)CCN(Cc2ccccc2)Cc2ccccc2)cc1. The van der Waals surface area contributed by atoms with Crippen LogP contribution in [0.25, 0.3) is 0 Å². The van der Waals surface area contributed by atoms with Gasteiger partial charge in [0.1, 0.15) is 0 Å². The van der Waals surface area contributed by atoms with Crippen LogP contribution < -0.4 is 0 Å². The van der Waals surface area contributed by atoms with Gasteiger partial charge in [0, 0.05) is 78.5 Å². The predicted octanol–water partition coefficient (Wildman–Crippen LogP) is 9.40. The lowest BCUT2D eigenvalue weighted by Gasteiger charge is -2.32. The molecule has 6 rings (SSSR count). The molecule has 0 heterocycles. The van der Waals surface area contributed by atoms with Gasteiger partial charge in [0.25, 0.3) is 0 Å². The first-order valence-electron chi connectivity index (χ1n) is 18.9. The molecule has 0 unspecified atom stereocenters. The van der Waals surface area contributed by atoms with Gasteiger partial charge in [-0.15, -0.1) is 0 Å². The molecule has 6 aromatic carbocycles. The number of nitrogens with zero attached hydrogens (tertiary/aromatic N) is 4. The van der Waals surface area contributed by atoms with Gasteiger partial charge in [-0.25, -0.2) is 0 Å². The van der Waals surface area contributed by atoms with E-state index in [0.717, 1.165) is 78.5 Å². The lowest BCUT2D eigenvalue weighted by molar-refractivity contribution is 0.146. The molecule has 266 valence electrons. The van der Waals surface area contributed by atoms with Crippen molar-refractivity contribution in [3.8, 4) is 0 Å². The Bertz CT molecular complexity index is 1570. The average molecular weight is 687 g/mol. The van der Waals surface area contributed by atoms with E-state index in [1.165, 1.54) is 33.4 Å². The highest BCUT2D eigenvalue weighted by molar-refractivity contribution is 5.20. The Kier molecular flexibility index (Phi) is 14.8. The van der Waals surface area contributed by atoms with Crippen LogP contribution in [-0.2, 0) is 39.3 Å². The molecule has 0 atom stereocenters. The van der Waals surface area contributed by atoms with Crippen molar-refractivity contribution in [2.24, 2.45) is 0 Å². The lowest BCUT2D eigenvalue weighted by Crippen LogP contribution is -2.41. The van der Waals surface area contributed by atoms with Crippen molar-refractivity contribution in [1.82, 2.24) is 19.6 Å². The van der Waals surface area contributed by atoms with Crippen LogP contribution in [0.2, 0.25) is 0 Å². The Morgan fingerprint density at radius 3 is 0.538 bits per heavy atom. The summed E-state index contributed by atoms with van der Waals surface area (Å²) in [5.74, 6) is 0. The Morgan fingerprint density at radius 1 is 0.192 bits per heavy atom. The molecule has 0 radical (unpaired) electrons. The van der Waals surface area contributed by atoms with Crippen LogP contribution in [0.4, 0.5) is 0 Å². The second kappa shape index (κ2) is 20.9. The summed E-state index contributed by atoms with van der Waals surface area (Å²) in [6, 6.07) is 65.6. The highest BCUT2D eigenvalue weighted by Crippen LogP contribution is 2.14. The highest BCUT2D eigenvalue weighted by atomic mass is 15.2. The smallest absolute Gasteiger partial charge is 0.0237 e. The Labute approximate surface area is 312 Å². The van der Waals surface area contributed by atoms with Gasteiger partial charge in [-0.05, 0) is 33.4 Å². The first-order valence-corrected chi connectivity index (χ1v) is 18.9. The number of hydrogen-bond acceptors (Lipinski definition) is 4. The zero-order valence-corrected chi connectivity index (χ0v) is 30.6. The molecule has 0 fully saturated rings. The second-order valence-corrected chi connectivity index (χ2v) is 13.9. The van der Waals surface area contributed by atoms with Crippen molar-refractivity contribution in [2.75, 3.05) is 39.3 Å². The molecular formula is C48H54N4. The topological polar surface area (TPSA) is 13.0 Å². The van der Waals surface area contributed by atoms with E-state index in [1.807, 2.05) is 0 Å². The van der Waals surface area contributed by atoms with Crippen LogP contribution in [0.1, 0.15) is 33.4 Å². The molecular weight excluding hydrogens is 633 g/mol. The summed E-state index contributed by atoms with van der Waals surface area (Å²) >= 11 is 0. The fraction of sp³-hybridized carbons (Fsp3) is 0.250. The molecule has 6 aromatic rings. The summed E-state index contributed by atoms with van der Waals surface area (Å²) in [5.41, 5.74) is 8.17. The van der Waals surface area contributed by atoms with Crippen LogP contribution in [0.15, 0.2) is 182 Å². The minimum absolute atomic E-state index is 0.938. The van der Waals surface area contributed by atoms with E-state index in [2.05, 4.69) is 202 Å². The maximum absolute atomic E-state index is 2.67. The standard InChI is InChI=1S/C48H54N4/c1-7-19-43(20-8-1)37-49(33-35-51(39-45-23-11-3-12-24-45)40-46-25-13-4-14-26-46)31-32-50(38-44-21-9-2-10-22-44)34-36-52(41-47-27-15-5-16-28-47)42-48-29-17-6-18-30-48/h1-30H,31-42H2. The van der Waals surface area contributed by atoms with Gasteiger partial charge in [0.2, 0.25) is 0 Å². The molecule has 0 aliphatic heterocycles. The molecule has 0 saturated heterocycles. The normalized spacial score (nSPS) is 11.5. The molecule has 52 heavy (non-hydrogen) atoms. The van der Waals surface area contributed by atoms with E-state index < -0.39 is 0 Å². The highest BCUT2D eigenvalue weighted by Gasteiger charge is 2.16. The molecule has 0 bridgehead atoms. The predicted molar refractivity (Wildman–Crippen MR) is 217 cm³/mol. The van der Waals surface area contributed by atoms with E-state index in [1.54, 1.807) is 0 Å². The summed E-state index contributed by atoms with van der Waals surface area (Å²) in [6.07, 6.45) is 0. The van der Waals surface area contributed by atoms with Gasteiger partial charge in [-0.3, -0.25) is 19.6 Å². The van der Waals surface area contributed by atoms with Crippen molar-refractivity contribution in [3.63, 3.8) is 0 Å². The van der Waals surface area contributed by atoms with E-state index in [4.69, 9.17) is 0 Å². The van der Waals surface area contributed by atoms with E-state index in [0.29, 0.717) is 0 Å². The van der Waals surface area contributed by atoms with Gasteiger partial charge in [0.15, 0.2) is 0 Å². The molecule has 0 aromatic heterocycles. The molecule has 4 heteroatoms. The Morgan fingerprint density at radius 2 is 0.346 bits per heavy atom. The van der Waals surface area contributed by atoms with Crippen molar-refractivity contribution in [3.05, 3.63) is 215 Å². The Balaban J connectivity index is 1.16. The lowest BCUT2D eigenvalue weighted by atomic mass is 10.1. The van der Waals surface area contributed by atoms with Crippen LogP contribution in [-0.4, -0.2) is 58.9 Å². The fourth-order valence-corrected chi connectivity index (χ4v) is 6.87. The van der Waals surface area contributed by atoms with Gasteiger partial charge in [0.05, 0.1) is 0 Å². The van der Waals surface area contributed by atoms with Gasteiger partial charge in [-0.2, -0.15) is 0 Å². The minimum Gasteiger partial charge on any atom is -0.297 e. The molecule has 0 saturated carbocycles. The third kappa shape index (κ3) is 13.0. The molecule has 0 N–H and O–H groups in total. The second-order valence-electron chi connectivity index (χ2n) is 13.9. The van der Waals surface area contributed by atoms with E-state index >= 15 is 0 Å². The summed E-state index contributed by atoms with van der Waals surface area (Å²) < 4.78 is 0. The minimum atomic E-state index is 0.938. The summed E-state index contributed by atoms with van der Waals surface area (Å²) in [6.45, 7) is 11.6. The fourth-order valence-electron chi connectivity index (χ4n) is 6.87. The number of hydrogen-bond donors (Lipinski definition) is 0. The van der Waals surface area contributed by atoms with Gasteiger partial charge >= 0.3 is 0 Å². The zero-order valence-electron chi connectivity index (χ0n) is 30.6. The first kappa shape index (κ1) is 36.9. The quantitative estimate of drug-likeness (QED) is 0.0748. The largest absolute Gasteiger partial charge is 0.297 e. The van der Waals surface area contributed by atoms with Crippen molar-refractivity contribution in [2.45, 2.75) is 39.3 Å². The summed E-state index contributed by atoms with van der Waals surface area (Å²) in [5, 5.41) is 0. The maximum Gasteiger partial charge on any atom is 0.0237 e. The summed E-state index contributed by atoms with van der Waals surface area (Å²) in [4.78, 5) is 10.6. The summed E-state index contributed by atoms with van der Waals surface area (Å²) in [7, 11) is 0. The molecule has 0 aliphatic rings. The van der Waals surface area contributed by atoms with Crippen LogP contribution in [0.3, 0.4) is 0 Å². The zero-order chi connectivity index (χ0) is 35.5. The monoisotopic (exact) mass is 686 g/mol.